The number of carbonyl (C=O) groups excluding carboxylic acids is 1. The summed E-state index contributed by atoms with van der Waals surface area (Å²) >= 11 is 0. The molecule has 1 aliphatic carbocycles. The van der Waals surface area contributed by atoms with Crippen molar-refractivity contribution in [1.82, 2.24) is 25.2 Å². The van der Waals surface area contributed by atoms with Crippen LogP contribution in [-0.2, 0) is 19.4 Å². The average molecular weight is 445 g/mol. The highest BCUT2D eigenvalue weighted by molar-refractivity contribution is 5.96. The largest absolute Gasteiger partial charge is 0.484 e. The number of aromatic nitrogens is 4. The fourth-order valence-corrected chi connectivity index (χ4v) is 4.37. The number of aromatic amines is 1. The maximum atomic E-state index is 13.1. The lowest BCUT2D eigenvalue weighted by Gasteiger charge is -2.37. The molecule has 2 aliphatic rings. The Kier molecular flexibility index (Phi) is 4.67. The molecule has 8 nitrogen and oxygen atoms in total. The van der Waals surface area contributed by atoms with E-state index in [0.29, 0.717) is 36.2 Å². The van der Waals surface area contributed by atoms with Gasteiger partial charge in [0.2, 0.25) is 0 Å². The van der Waals surface area contributed by atoms with Crippen LogP contribution in [0.15, 0.2) is 53.1 Å². The minimum atomic E-state index is -0.327. The Morgan fingerprint density at radius 3 is 2.82 bits per heavy atom. The number of nitrogens with one attached hydrogen (secondary N) is 1. The van der Waals surface area contributed by atoms with Gasteiger partial charge in [0.25, 0.3) is 11.8 Å². The predicted molar refractivity (Wildman–Crippen MR) is 115 cm³/mol. The number of H-pyrrole nitrogens is 1. The molecular formula is C24H20FN5O3. The van der Waals surface area contributed by atoms with Crippen LogP contribution in [0.3, 0.4) is 0 Å². The Morgan fingerprint density at radius 2 is 1.97 bits per heavy atom. The minimum Gasteiger partial charge on any atom is -0.484 e. The minimum absolute atomic E-state index is 0.0109. The van der Waals surface area contributed by atoms with Gasteiger partial charge >= 0.3 is 0 Å². The molecule has 0 spiro atoms. The highest BCUT2D eigenvalue weighted by Gasteiger charge is 2.37. The van der Waals surface area contributed by atoms with Gasteiger partial charge in [-0.2, -0.15) is 10.1 Å². The number of aryl methyl sites for hydroxylation is 1. The maximum absolute atomic E-state index is 13.1. The van der Waals surface area contributed by atoms with Gasteiger partial charge in [-0.1, -0.05) is 29.4 Å². The molecule has 3 heterocycles. The third-order valence-corrected chi connectivity index (χ3v) is 6.19. The number of rotatable bonds is 5. The number of amides is 1. The van der Waals surface area contributed by atoms with Crippen LogP contribution >= 0.6 is 0 Å². The lowest BCUT2D eigenvalue weighted by Crippen LogP contribution is -2.49. The summed E-state index contributed by atoms with van der Waals surface area (Å²) in [5.41, 5.74) is 4.79. The molecule has 9 heteroatoms. The molecule has 0 saturated carbocycles. The van der Waals surface area contributed by atoms with E-state index in [-0.39, 0.29) is 24.2 Å². The number of hydrogen-bond acceptors (Lipinski definition) is 6. The van der Waals surface area contributed by atoms with Crippen molar-refractivity contribution in [1.29, 1.82) is 0 Å². The van der Waals surface area contributed by atoms with E-state index < -0.39 is 0 Å². The van der Waals surface area contributed by atoms with Crippen molar-refractivity contribution in [2.24, 2.45) is 0 Å². The Balaban J connectivity index is 1.09. The molecule has 4 aromatic rings. The molecule has 1 aliphatic heterocycles. The van der Waals surface area contributed by atoms with Crippen LogP contribution < -0.4 is 4.74 Å². The smallest absolute Gasteiger partial charge is 0.272 e. The maximum Gasteiger partial charge on any atom is 0.272 e. The van der Waals surface area contributed by atoms with Gasteiger partial charge in [0.05, 0.1) is 11.6 Å². The first-order valence-electron chi connectivity index (χ1n) is 10.8. The van der Waals surface area contributed by atoms with Gasteiger partial charge in [-0.3, -0.25) is 9.89 Å². The van der Waals surface area contributed by atoms with E-state index in [1.54, 1.807) is 4.90 Å². The first-order chi connectivity index (χ1) is 16.2. The van der Waals surface area contributed by atoms with Crippen molar-refractivity contribution in [3.8, 4) is 17.0 Å². The molecule has 166 valence electrons. The van der Waals surface area contributed by atoms with Gasteiger partial charge in [-0.25, -0.2) is 4.39 Å². The van der Waals surface area contributed by atoms with Gasteiger partial charge in [-0.15, -0.1) is 0 Å². The van der Waals surface area contributed by atoms with Gasteiger partial charge < -0.3 is 14.2 Å². The number of halogens is 1. The van der Waals surface area contributed by atoms with Crippen LogP contribution in [0.25, 0.3) is 11.3 Å². The Labute approximate surface area is 188 Å². The zero-order valence-corrected chi connectivity index (χ0v) is 17.6. The summed E-state index contributed by atoms with van der Waals surface area (Å²) in [4.78, 5) is 19.2. The fraction of sp³-hybridized carbons (Fsp3) is 0.250. The summed E-state index contributed by atoms with van der Waals surface area (Å²) in [7, 11) is 0. The van der Waals surface area contributed by atoms with Gasteiger partial charge in [0.15, 0.2) is 12.4 Å². The lowest BCUT2D eigenvalue weighted by molar-refractivity contribution is 0.0585. The van der Waals surface area contributed by atoms with Crippen LogP contribution in [0.1, 0.15) is 39.2 Å². The molecule has 1 fully saturated rings. The summed E-state index contributed by atoms with van der Waals surface area (Å²) in [6, 6.07) is 13.9. The Hall–Kier alpha value is -4.01. The third-order valence-electron chi connectivity index (χ3n) is 6.19. The van der Waals surface area contributed by atoms with Crippen LogP contribution in [-0.4, -0.2) is 44.2 Å². The first kappa shape index (κ1) is 19.7. The summed E-state index contributed by atoms with van der Waals surface area (Å²) in [6.45, 7) is 1.12. The van der Waals surface area contributed by atoms with Crippen molar-refractivity contribution in [2.75, 3.05) is 13.1 Å². The Morgan fingerprint density at radius 1 is 1.15 bits per heavy atom. The molecule has 0 unspecified atom stereocenters. The standard InChI is InChI=1S/C24H20FN5O3/c25-16-6-8-17(9-7-16)32-13-20-26-23(29-33-20)15-11-30(12-15)24(31)22-19-10-5-14-3-1-2-4-18(14)21(19)27-28-22/h1-4,6-9,15H,5,10-13H2,(H,27,28). The van der Waals surface area contributed by atoms with Gasteiger partial charge in [-0.05, 0) is 42.7 Å². The van der Waals surface area contributed by atoms with E-state index in [9.17, 15) is 9.18 Å². The van der Waals surface area contributed by atoms with E-state index in [4.69, 9.17) is 9.26 Å². The zero-order valence-electron chi connectivity index (χ0n) is 17.6. The molecule has 1 N–H and O–H groups in total. The van der Waals surface area contributed by atoms with Crippen molar-refractivity contribution in [2.45, 2.75) is 25.4 Å². The second kappa shape index (κ2) is 7.84. The monoisotopic (exact) mass is 445 g/mol. The molecule has 1 saturated heterocycles. The average Bonchev–Trinajstić information content (AvgIpc) is 3.45. The van der Waals surface area contributed by atoms with Crippen LogP contribution in [0.5, 0.6) is 5.75 Å². The summed E-state index contributed by atoms with van der Waals surface area (Å²) in [6.07, 6.45) is 1.70. The second-order valence-electron chi connectivity index (χ2n) is 8.28. The lowest BCUT2D eigenvalue weighted by atomic mass is 9.88. The normalized spacial score (nSPS) is 15.0. The predicted octanol–water partition coefficient (Wildman–Crippen LogP) is 3.52. The second-order valence-corrected chi connectivity index (χ2v) is 8.28. The molecule has 6 rings (SSSR count). The summed E-state index contributed by atoms with van der Waals surface area (Å²) in [5, 5.41) is 11.4. The van der Waals surface area contributed by atoms with E-state index in [2.05, 4.69) is 32.5 Å². The number of likely N-dealkylation sites (tertiary alicyclic amines) is 1. The summed E-state index contributed by atoms with van der Waals surface area (Å²) in [5.74, 6) is 1.03. The van der Waals surface area contributed by atoms with Crippen molar-refractivity contribution < 1.29 is 18.4 Å². The number of ether oxygens (including phenoxy) is 1. The van der Waals surface area contributed by atoms with Crippen molar-refractivity contribution in [3.63, 3.8) is 0 Å². The Bertz CT molecular complexity index is 1320. The fourth-order valence-electron chi connectivity index (χ4n) is 4.37. The number of benzene rings is 2. The van der Waals surface area contributed by atoms with E-state index in [1.165, 1.54) is 29.8 Å². The highest BCUT2D eigenvalue weighted by Crippen LogP contribution is 2.35. The quantitative estimate of drug-likeness (QED) is 0.505. The first-order valence-corrected chi connectivity index (χ1v) is 10.8. The van der Waals surface area contributed by atoms with Crippen molar-refractivity contribution in [3.05, 3.63) is 82.9 Å². The van der Waals surface area contributed by atoms with E-state index >= 15 is 0 Å². The number of carbonyl (C=O) groups is 1. The number of fused-ring (bicyclic) bond motifs is 3. The molecule has 2 aromatic heterocycles. The van der Waals surface area contributed by atoms with Crippen LogP contribution in [0.2, 0.25) is 0 Å². The molecule has 0 bridgehead atoms. The van der Waals surface area contributed by atoms with Gasteiger partial charge in [0.1, 0.15) is 17.3 Å². The molecule has 0 atom stereocenters. The third kappa shape index (κ3) is 3.55. The topological polar surface area (TPSA) is 97.1 Å². The molecule has 33 heavy (non-hydrogen) atoms. The molecule has 2 aromatic carbocycles. The van der Waals surface area contributed by atoms with E-state index in [1.807, 2.05) is 12.1 Å². The van der Waals surface area contributed by atoms with E-state index in [0.717, 1.165) is 29.7 Å². The van der Waals surface area contributed by atoms with Crippen LogP contribution in [0, 0.1) is 5.82 Å². The molecule has 0 radical (unpaired) electrons. The summed E-state index contributed by atoms with van der Waals surface area (Å²) < 4.78 is 23.8. The number of hydrogen-bond donors (Lipinski definition) is 1. The molecular weight excluding hydrogens is 425 g/mol. The molecule has 1 amide bonds. The highest BCUT2D eigenvalue weighted by atomic mass is 19.1. The zero-order chi connectivity index (χ0) is 22.4. The SMILES string of the molecule is O=C(c1[nH]nc2c1CCc1ccccc1-2)N1CC(c2noc(COc3ccc(F)cc3)n2)C1. The number of nitrogens with zero attached hydrogens (tertiary/aromatic N) is 4. The van der Waals surface area contributed by atoms with Gasteiger partial charge in [0, 0.05) is 24.2 Å². The van der Waals surface area contributed by atoms with Crippen molar-refractivity contribution >= 4 is 5.91 Å². The van der Waals surface area contributed by atoms with Crippen LogP contribution in [0.4, 0.5) is 4.39 Å².